The van der Waals surface area contributed by atoms with Gasteiger partial charge >= 0.3 is 12.2 Å². The highest BCUT2D eigenvalue weighted by Gasteiger charge is 2.37. The summed E-state index contributed by atoms with van der Waals surface area (Å²) in [6.07, 6.45) is 5.16. The van der Waals surface area contributed by atoms with Gasteiger partial charge in [0.05, 0.1) is 24.1 Å². The van der Waals surface area contributed by atoms with Gasteiger partial charge < -0.3 is 29.0 Å². The molecule has 0 radical (unpaired) electrons. The molecule has 1 aliphatic carbocycles. The Balaban J connectivity index is 0.00000401. The summed E-state index contributed by atoms with van der Waals surface area (Å²) in [5.41, 5.74) is 2.29. The summed E-state index contributed by atoms with van der Waals surface area (Å²) in [7, 11) is 0. The number of carbonyl (C=O) groups excluding carboxylic acids is 3. The number of likely N-dealkylation sites (tertiary alicyclic amines) is 1. The summed E-state index contributed by atoms with van der Waals surface area (Å²) < 4.78 is 34.3. The number of imidazole rings is 1. The van der Waals surface area contributed by atoms with Crippen LogP contribution in [-0.2, 0) is 27.1 Å². The van der Waals surface area contributed by atoms with Crippen LogP contribution in [0.15, 0.2) is 18.6 Å². The number of hydrogen-bond acceptors (Lipinski definition) is 10. The number of fused-ring (bicyclic) bond motifs is 3. The third-order valence-electron chi connectivity index (χ3n) is 8.98. The van der Waals surface area contributed by atoms with Crippen LogP contribution in [0.5, 0.6) is 5.88 Å². The molecule has 252 valence electrons. The lowest BCUT2D eigenvalue weighted by atomic mass is 10.1. The van der Waals surface area contributed by atoms with Crippen molar-refractivity contribution in [3.63, 3.8) is 0 Å². The van der Waals surface area contributed by atoms with E-state index < -0.39 is 11.7 Å². The van der Waals surface area contributed by atoms with Gasteiger partial charge in [0.15, 0.2) is 24.1 Å². The van der Waals surface area contributed by atoms with Crippen LogP contribution >= 0.6 is 0 Å². The fourth-order valence-corrected chi connectivity index (χ4v) is 6.72. The van der Waals surface area contributed by atoms with Gasteiger partial charge in [-0.1, -0.05) is 0 Å². The number of anilines is 2. The van der Waals surface area contributed by atoms with Gasteiger partial charge in [-0.25, -0.2) is 28.9 Å². The molecule has 1 unspecified atom stereocenters. The smallest absolute Gasteiger partial charge is 0.415 e. The lowest BCUT2D eigenvalue weighted by Crippen LogP contribution is -2.52. The quantitative estimate of drug-likeness (QED) is 0.442. The van der Waals surface area contributed by atoms with Gasteiger partial charge in [0, 0.05) is 34.2 Å². The van der Waals surface area contributed by atoms with E-state index in [1.165, 1.54) is 11.1 Å². The van der Waals surface area contributed by atoms with E-state index in [0.717, 1.165) is 37.1 Å². The summed E-state index contributed by atoms with van der Waals surface area (Å²) in [5.74, 6) is 0.356. The number of amides is 3. The van der Waals surface area contributed by atoms with Crippen molar-refractivity contribution in [1.29, 1.82) is 0 Å². The lowest BCUT2D eigenvalue weighted by Gasteiger charge is -2.40. The van der Waals surface area contributed by atoms with E-state index in [9.17, 15) is 14.4 Å². The molecule has 3 amide bonds. The van der Waals surface area contributed by atoms with Gasteiger partial charge in [0.1, 0.15) is 17.7 Å². The van der Waals surface area contributed by atoms with E-state index in [1.807, 2.05) is 31.4 Å². The van der Waals surface area contributed by atoms with Crippen molar-refractivity contribution in [2.75, 3.05) is 62.7 Å². The highest BCUT2D eigenvalue weighted by molar-refractivity contribution is 5.94. The minimum atomic E-state index is -0.569. The molecule has 5 heterocycles. The van der Waals surface area contributed by atoms with Crippen LogP contribution in [0.25, 0.3) is 11.0 Å². The largest absolute Gasteiger partial charge is 0.465 e. The Hall–Kier alpha value is -4.53. The number of cyclic esters (lactones) is 1. The zero-order valence-corrected chi connectivity index (χ0v) is 26.8. The molecule has 2 aromatic heterocycles. The maximum absolute atomic E-state index is 16.1. The number of halogens is 1. The van der Waals surface area contributed by atoms with Gasteiger partial charge in [0.25, 0.3) is 11.8 Å². The topological polar surface area (TPSA) is 144 Å². The Bertz CT molecular complexity index is 1720. The van der Waals surface area contributed by atoms with E-state index in [0.29, 0.717) is 50.1 Å². The summed E-state index contributed by atoms with van der Waals surface area (Å²) >= 11 is 0. The van der Waals surface area contributed by atoms with Crippen LogP contribution in [0.2, 0.25) is 0 Å². The van der Waals surface area contributed by atoms with Crippen molar-refractivity contribution in [3.8, 4) is 5.88 Å². The summed E-state index contributed by atoms with van der Waals surface area (Å²) in [6.45, 7) is 8.98. The SMILES string of the molecule is CC(C)(C)OC(=O)N1CC(n2cnc3cc4c(c(F)c32)CC(CN2CCCCN(c3cnc5c(n3)NC(=O)CO5)C(=O)OCC2)C4)C1.[HH]. The molecule has 2 fully saturated rings. The van der Waals surface area contributed by atoms with E-state index in [-0.39, 0.29) is 61.9 Å². The Morgan fingerprint density at radius 3 is 2.74 bits per heavy atom. The van der Waals surface area contributed by atoms with E-state index >= 15 is 4.39 Å². The summed E-state index contributed by atoms with van der Waals surface area (Å²) in [5, 5.41) is 2.62. The van der Waals surface area contributed by atoms with Crippen molar-refractivity contribution in [1.82, 2.24) is 29.3 Å². The lowest BCUT2D eigenvalue weighted by molar-refractivity contribution is -0.118. The van der Waals surface area contributed by atoms with Gasteiger partial charge in [0.2, 0.25) is 0 Å². The maximum atomic E-state index is 16.1. The van der Waals surface area contributed by atoms with E-state index in [4.69, 9.17) is 14.2 Å². The average molecular weight is 653 g/mol. The number of hydrogen-bond donors (Lipinski definition) is 1. The van der Waals surface area contributed by atoms with Gasteiger partial charge in [-0.05, 0) is 76.1 Å². The molecule has 0 saturated carbocycles. The first-order chi connectivity index (χ1) is 22.5. The molecule has 1 atom stereocenters. The van der Waals surface area contributed by atoms with Crippen molar-refractivity contribution in [2.24, 2.45) is 5.92 Å². The highest BCUT2D eigenvalue weighted by Crippen LogP contribution is 2.36. The molecule has 3 aromatic rings. The second-order valence-corrected chi connectivity index (χ2v) is 13.7. The number of nitrogens with zero attached hydrogens (tertiary/aromatic N) is 7. The fourth-order valence-electron chi connectivity index (χ4n) is 6.72. The predicted molar refractivity (Wildman–Crippen MR) is 170 cm³/mol. The normalized spacial score (nSPS) is 21.0. The van der Waals surface area contributed by atoms with Crippen LogP contribution < -0.4 is 15.0 Å². The van der Waals surface area contributed by atoms with Crippen molar-refractivity contribution >= 4 is 40.8 Å². The Labute approximate surface area is 272 Å². The van der Waals surface area contributed by atoms with Crippen molar-refractivity contribution in [2.45, 2.75) is 58.1 Å². The molecular weight excluding hydrogens is 611 g/mol. The molecule has 1 N–H and O–H groups in total. The third kappa shape index (κ3) is 6.40. The van der Waals surface area contributed by atoms with E-state index in [2.05, 4.69) is 25.2 Å². The number of benzene rings is 1. The molecule has 0 bridgehead atoms. The number of rotatable bonds is 4. The molecule has 15 heteroatoms. The average Bonchev–Trinajstić information content (AvgIpc) is 3.59. The molecule has 7 rings (SSSR count). The molecule has 14 nitrogen and oxygen atoms in total. The Morgan fingerprint density at radius 2 is 1.94 bits per heavy atom. The Kier molecular flexibility index (Phi) is 8.10. The Morgan fingerprint density at radius 1 is 1.13 bits per heavy atom. The first-order valence-electron chi connectivity index (χ1n) is 16.1. The minimum Gasteiger partial charge on any atom is -0.465 e. The highest BCUT2D eigenvalue weighted by atomic mass is 19.1. The second kappa shape index (κ2) is 12.2. The number of ether oxygens (including phenoxy) is 3. The minimum absolute atomic E-state index is 0. The fraction of sp³-hybridized carbons (Fsp3) is 0.562. The van der Waals surface area contributed by atoms with Gasteiger partial charge in [-0.2, -0.15) is 0 Å². The summed E-state index contributed by atoms with van der Waals surface area (Å²) in [4.78, 5) is 55.6. The van der Waals surface area contributed by atoms with Crippen LogP contribution in [-0.4, -0.2) is 105 Å². The van der Waals surface area contributed by atoms with Crippen molar-refractivity contribution in [3.05, 3.63) is 35.5 Å². The number of nitrogens with one attached hydrogen (secondary N) is 1. The standard InChI is InChI=1S/C32H39FN8O6.H2/c1-32(2,3)47-30(43)39-15-21(16-39)41-18-35-23-12-20-10-19(11-22(20)26(33)27(23)41)14-38-6-4-5-7-40(31(44)45-9-8-38)24-13-34-29-28(36-24)37-25(42)17-46-29;/h12-13,18-19,21H,4-11,14-17H2,1-3H3,(H,36,37,42);1H. The summed E-state index contributed by atoms with van der Waals surface area (Å²) in [6, 6.07) is 1.95. The zero-order chi connectivity index (χ0) is 32.9. The zero-order valence-electron chi connectivity index (χ0n) is 26.8. The molecule has 3 aliphatic heterocycles. The number of aromatic nitrogens is 4. The molecule has 1 aromatic carbocycles. The molecule has 0 spiro atoms. The first-order valence-corrected chi connectivity index (χ1v) is 16.1. The van der Waals surface area contributed by atoms with Gasteiger partial charge in [-0.3, -0.25) is 14.6 Å². The van der Waals surface area contributed by atoms with Crippen LogP contribution in [0.4, 0.5) is 25.6 Å². The third-order valence-corrected chi connectivity index (χ3v) is 8.98. The first kappa shape index (κ1) is 31.1. The number of carbonyl (C=O) groups is 3. The molecule has 47 heavy (non-hydrogen) atoms. The monoisotopic (exact) mass is 652 g/mol. The van der Waals surface area contributed by atoms with Crippen molar-refractivity contribution < 1.29 is 34.4 Å². The molecule has 4 aliphatic rings. The van der Waals surface area contributed by atoms with E-state index in [1.54, 1.807) is 11.2 Å². The predicted octanol–water partition coefficient (Wildman–Crippen LogP) is 3.79. The van der Waals surface area contributed by atoms with Crippen LogP contribution in [0, 0.1) is 11.7 Å². The maximum Gasteiger partial charge on any atom is 0.415 e. The van der Waals surface area contributed by atoms with Crippen LogP contribution in [0.3, 0.4) is 0 Å². The molecule has 2 saturated heterocycles. The van der Waals surface area contributed by atoms with Gasteiger partial charge in [-0.15, -0.1) is 0 Å². The second-order valence-electron chi connectivity index (χ2n) is 13.7. The van der Waals surface area contributed by atoms with Crippen LogP contribution in [0.1, 0.15) is 52.2 Å². The molecular formula is C32H41FN8O6.